The fourth-order valence-corrected chi connectivity index (χ4v) is 3.95. The van der Waals surface area contributed by atoms with E-state index in [1.165, 1.54) is 5.56 Å². The quantitative estimate of drug-likeness (QED) is 0.870. The number of ether oxygens (including phenoxy) is 1. The summed E-state index contributed by atoms with van der Waals surface area (Å²) < 4.78 is 5.22. The van der Waals surface area contributed by atoms with Gasteiger partial charge in [0.25, 0.3) is 0 Å². The van der Waals surface area contributed by atoms with Crippen LogP contribution in [0.1, 0.15) is 31.7 Å². The molecule has 0 spiro atoms. The summed E-state index contributed by atoms with van der Waals surface area (Å²) in [5.74, 6) is 1.48. The molecule has 2 aliphatic heterocycles. The van der Waals surface area contributed by atoms with Crippen molar-refractivity contribution in [1.82, 2.24) is 15.1 Å². The van der Waals surface area contributed by atoms with Crippen LogP contribution in [-0.2, 0) is 11.3 Å². The first-order valence-electron chi connectivity index (χ1n) is 9.53. The summed E-state index contributed by atoms with van der Waals surface area (Å²) >= 11 is 0. The van der Waals surface area contributed by atoms with Crippen LogP contribution in [0.3, 0.4) is 0 Å². The molecule has 26 heavy (non-hydrogen) atoms. The van der Waals surface area contributed by atoms with Crippen molar-refractivity contribution in [3.63, 3.8) is 0 Å². The number of nitrogens with one attached hydrogen (secondary N) is 1. The van der Waals surface area contributed by atoms with Crippen molar-refractivity contribution in [2.75, 3.05) is 39.8 Å². The number of carbonyl (C=O) groups is 1. The lowest BCUT2D eigenvalue weighted by Gasteiger charge is -2.31. The number of benzene rings is 1. The summed E-state index contributed by atoms with van der Waals surface area (Å²) in [5, 5.41) is 3.44. The van der Waals surface area contributed by atoms with E-state index < -0.39 is 0 Å². The van der Waals surface area contributed by atoms with Crippen molar-refractivity contribution >= 4 is 18.3 Å². The van der Waals surface area contributed by atoms with E-state index in [1.54, 1.807) is 7.11 Å². The summed E-state index contributed by atoms with van der Waals surface area (Å²) in [6.45, 7) is 7.85. The highest BCUT2D eigenvalue weighted by Crippen LogP contribution is 2.20. The van der Waals surface area contributed by atoms with Gasteiger partial charge in [0.2, 0.25) is 5.91 Å². The third-order valence-corrected chi connectivity index (χ3v) is 5.44. The summed E-state index contributed by atoms with van der Waals surface area (Å²) in [6, 6.07) is 8.75. The highest BCUT2D eigenvalue weighted by atomic mass is 35.5. The van der Waals surface area contributed by atoms with Crippen molar-refractivity contribution in [2.45, 2.75) is 38.8 Å². The van der Waals surface area contributed by atoms with Crippen molar-refractivity contribution in [3.05, 3.63) is 29.8 Å². The van der Waals surface area contributed by atoms with Crippen molar-refractivity contribution in [2.24, 2.45) is 5.92 Å². The second-order valence-corrected chi connectivity index (χ2v) is 7.38. The van der Waals surface area contributed by atoms with Gasteiger partial charge in [-0.3, -0.25) is 9.69 Å². The molecule has 6 heteroatoms. The minimum Gasteiger partial charge on any atom is -0.497 e. The molecule has 2 saturated heterocycles. The molecule has 0 aliphatic carbocycles. The second-order valence-electron chi connectivity index (χ2n) is 7.38. The Morgan fingerprint density at radius 2 is 1.96 bits per heavy atom. The van der Waals surface area contributed by atoms with Gasteiger partial charge in [-0.25, -0.2) is 0 Å². The van der Waals surface area contributed by atoms with Crippen LogP contribution in [0.2, 0.25) is 0 Å². The van der Waals surface area contributed by atoms with E-state index in [4.69, 9.17) is 4.74 Å². The van der Waals surface area contributed by atoms with Gasteiger partial charge in [0.1, 0.15) is 5.75 Å². The molecule has 0 saturated carbocycles. The van der Waals surface area contributed by atoms with E-state index in [-0.39, 0.29) is 18.3 Å². The number of piperidine rings is 1. The summed E-state index contributed by atoms with van der Waals surface area (Å²) in [7, 11) is 1.69. The van der Waals surface area contributed by atoms with Gasteiger partial charge in [-0.2, -0.15) is 0 Å². The molecule has 1 amide bonds. The lowest BCUT2D eigenvalue weighted by molar-refractivity contribution is -0.136. The maximum atomic E-state index is 12.9. The molecule has 5 nitrogen and oxygen atoms in total. The van der Waals surface area contributed by atoms with Crippen LogP contribution in [0.15, 0.2) is 24.3 Å². The SMILES string of the molecule is COc1ccc(CN2CCCN(C(=O)[C@H]3CCN[C@@H](C)C3)CC2)cc1.Cl. The number of halogens is 1. The Bertz CT molecular complexity index is 567. The van der Waals surface area contributed by atoms with Crippen LogP contribution in [-0.4, -0.2) is 61.6 Å². The Balaban J connectivity index is 0.00000243. The van der Waals surface area contributed by atoms with Gasteiger partial charge in [0, 0.05) is 44.7 Å². The molecule has 1 aromatic carbocycles. The molecule has 1 N–H and O–H groups in total. The molecule has 2 fully saturated rings. The first-order chi connectivity index (χ1) is 12.2. The number of hydrogen-bond acceptors (Lipinski definition) is 4. The van der Waals surface area contributed by atoms with Crippen LogP contribution < -0.4 is 10.1 Å². The lowest BCUT2D eigenvalue weighted by atomic mass is 9.92. The van der Waals surface area contributed by atoms with E-state index in [1.807, 2.05) is 12.1 Å². The van der Waals surface area contributed by atoms with Crippen molar-refractivity contribution < 1.29 is 9.53 Å². The van der Waals surface area contributed by atoms with Crippen molar-refractivity contribution in [1.29, 1.82) is 0 Å². The zero-order chi connectivity index (χ0) is 17.6. The van der Waals surface area contributed by atoms with Crippen LogP contribution in [0.5, 0.6) is 5.75 Å². The first kappa shape index (κ1) is 21.0. The van der Waals surface area contributed by atoms with Crippen molar-refractivity contribution in [3.8, 4) is 5.75 Å². The Labute approximate surface area is 163 Å². The molecule has 0 radical (unpaired) electrons. The summed E-state index contributed by atoms with van der Waals surface area (Å²) in [4.78, 5) is 17.4. The maximum Gasteiger partial charge on any atom is 0.225 e. The second kappa shape index (κ2) is 10.1. The minimum absolute atomic E-state index is 0. The number of hydrogen-bond donors (Lipinski definition) is 1. The van der Waals surface area contributed by atoms with E-state index in [0.717, 1.165) is 64.3 Å². The molecule has 2 atom stereocenters. The van der Waals surface area contributed by atoms with E-state index in [0.29, 0.717) is 11.9 Å². The average molecular weight is 382 g/mol. The summed E-state index contributed by atoms with van der Waals surface area (Å²) in [5.41, 5.74) is 1.30. The predicted molar refractivity (Wildman–Crippen MR) is 107 cm³/mol. The minimum atomic E-state index is 0. The molecule has 1 aromatic rings. The highest BCUT2D eigenvalue weighted by Gasteiger charge is 2.29. The fraction of sp³-hybridized carbons (Fsp3) is 0.650. The Morgan fingerprint density at radius 1 is 1.19 bits per heavy atom. The Kier molecular flexibility index (Phi) is 8.19. The average Bonchev–Trinajstić information content (AvgIpc) is 2.87. The van der Waals surface area contributed by atoms with Gasteiger partial charge in [-0.15, -0.1) is 12.4 Å². The van der Waals surface area contributed by atoms with E-state index in [9.17, 15) is 4.79 Å². The number of nitrogens with zero attached hydrogens (tertiary/aromatic N) is 2. The first-order valence-corrected chi connectivity index (χ1v) is 9.53. The van der Waals surface area contributed by atoms with Gasteiger partial charge in [0.05, 0.1) is 7.11 Å². The van der Waals surface area contributed by atoms with Gasteiger partial charge in [-0.1, -0.05) is 12.1 Å². The molecule has 146 valence electrons. The smallest absolute Gasteiger partial charge is 0.225 e. The molecule has 2 aliphatic rings. The topological polar surface area (TPSA) is 44.8 Å². The third-order valence-electron chi connectivity index (χ3n) is 5.44. The van der Waals surface area contributed by atoms with Gasteiger partial charge in [-0.05, 0) is 50.4 Å². The zero-order valence-electron chi connectivity index (χ0n) is 15.9. The number of methoxy groups -OCH3 is 1. The highest BCUT2D eigenvalue weighted by molar-refractivity contribution is 5.85. The predicted octanol–water partition coefficient (Wildman–Crippen LogP) is 2.54. The standard InChI is InChI=1S/C20H31N3O2.ClH/c1-16-14-18(8-9-21-16)20(24)23-11-3-10-22(12-13-23)15-17-4-6-19(25-2)7-5-17;/h4-7,16,18,21H,3,8-15H2,1-2H3;1H/t16-,18-;/m0./s1. The Hall–Kier alpha value is -1.30. The summed E-state index contributed by atoms with van der Waals surface area (Å²) in [6.07, 6.45) is 3.02. The Morgan fingerprint density at radius 3 is 2.65 bits per heavy atom. The van der Waals surface area contributed by atoms with Gasteiger partial charge in [0.15, 0.2) is 0 Å². The number of amides is 1. The normalized spacial score (nSPS) is 24.5. The molecular weight excluding hydrogens is 350 g/mol. The van der Waals surface area contributed by atoms with Crippen LogP contribution in [0.4, 0.5) is 0 Å². The largest absolute Gasteiger partial charge is 0.497 e. The van der Waals surface area contributed by atoms with E-state index in [2.05, 4.69) is 34.2 Å². The lowest BCUT2D eigenvalue weighted by Crippen LogP contribution is -2.45. The fourth-order valence-electron chi connectivity index (χ4n) is 3.95. The molecule has 0 unspecified atom stereocenters. The molecule has 0 aromatic heterocycles. The molecule has 2 heterocycles. The van der Waals surface area contributed by atoms with Gasteiger partial charge < -0.3 is 15.0 Å². The van der Waals surface area contributed by atoms with Crippen LogP contribution in [0.25, 0.3) is 0 Å². The monoisotopic (exact) mass is 381 g/mol. The van der Waals surface area contributed by atoms with Crippen LogP contribution >= 0.6 is 12.4 Å². The van der Waals surface area contributed by atoms with Crippen LogP contribution in [0, 0.1) is 5.92 Å². The van der Waals surface area contributed by atoms with Gasteiger partial charge >= 0.3 is 0 Å². The maximum absolute atomic E-state index is 12.9. The van der Waals surface area contributed by atoms with E-state index >= 15 is 0 Å². The molecular formula is C20H32ClN3O2. The molecule has 3 rings (SSSR count). The molecule has 0 bridgehead atoms. The third kappa shape index (κ3) is 5.60. The zero-order valence-corrected chi connectivity index (χ0v) is 16.8. The number of rotatable bonds is 4. The number of carbonyl (C=O) groups excluding carboxylic acids is 1.